The van der Waals surface area contributed by atoms with Gasteiger partial charge in [0.25, 0.3) is 11.5 Å². The molecule has 2 aromatic heterocycles. The molecule has 1 N–H and O–H groups in total. The summed E-state index contributed by atoms with van der Waals surface area (Å²) in [6.07, 6.45) is -3.61. The minimum Gasteiger partial charge on any atom is -0.309 e. The molecule has 1 saturated heterocycles. The van der Waals surface area contributed by atoms with E-state index >= 15 is 0 Å². The van der Waals surface area contributed by atoms with Gasteiger partial charge in [-0.1, -0.05) is 6.07 Å². The summed E-state index contributed by atoms with van der Waals surface area (Å²) in [6, 6.07) is 3.38. The van der Waals surface area contributed by atoms with Gasteiger partial charge in [0.1, 0.15) is 18.2 Å². The molecule has 2 atom stereocenters. The summed E-state index contributed by atoms with van der Waals surface area (Å²) >= 11 is 0. The first-order valence-electron chi connectivity index (χ1n) is 9.67. The van der Waals surface area contributed by atoms with Crippen LogP contribution in [0.1, 0.15) is 24.8 Å². The molecule has 2 unspecified atom stereocenters. The summed E-state index contributed by atoms with van der Waals surface area (Å²) in [4.78, 5) is 29.4. The van der Waals surface area contributed by atoms with Gasteiger partial charge in [-0.3, -0.25) is 14.5 Å². The van der Waals surface area contributed by atoms with Crippen LogP contribution in [0, 0.1) is 5.82 Å². The molecule has 1 amide bonds. The van der Waals surface area contributed by atoms with Crippen molar-refractivity contribution in [1.82, 2.24) is 14.5 Å². The number of anilines is 1. The van der Waals surface area contributed by atoms with E-state index in [0.29, 0.717) is 4.57 Å². The van der Waals surface area contributed by atoms with Crippen LogP contribution in [0.2, 0.25) is 0 Å². The van der Waals surface area contributed by atoms with E-state index in [4.69, 9.17) is 0 Å². The topological polar surface area (TPSA) is 67.2 Å². The number of piperidine rings is 1. The third-order valence-corrected chi connectivity index (χ3v) is 5.32. The van der Waals surface area contributed by atoms with Gasteiger partial charge in [0, 0.05) is 31.8 Å². The number of nitrogens with one attached hydrogen (secondary N) is 1. The number of pyridine rings is 2. The lowest BCUT2D eigenvalue weighted by atomic mass is 9.87. The quantitative estimate of drug-likeness (QED) is 0.692. The Morgan fingerprint density at radius 2 is 2.00 bits per heavy atom. The number of hydrogen-bond donors (Lipinski definition) is 1. The molecule has 0 aromatic carbocycles. The van der Waals surface area contributed by atoms with E-state index in [-0.39, 0.29) is 24.5 Å². The highest BCUT2D eigenvalue weighted by Gasteiger charge is 2.46. The third kappa shape index (κ3) is 5.67. The van der Waals surface area contributed by atoms with Crippen molar-refractivity contribution >= 4 is 11.7 Å². The number of carbonyl (C=O) groups excluding carboxylic acids is 1. The van der Waals surface area contributed by atoms with Crippen molar-refractivity contribution in [3.63, 3.8) is 0 Å². The SMILES string of the molecule is CC(C(=O)Nc1ccc(F)cn1)N1CCC(F)(F)C(c2ccc(=O)n(CC(F)(F)F)c2)C1. The first-order valence-corrected chi connectivity index (χ1v) is 9.67. The number of likely N-dealkylation sites (tertiary alicyclic amines) is 1. The molecule has 0 bridgehead atoms. The Bertz CT molecular complexity index is 1020. The van der Waals surface area contributed by atoms with Crippen molar-refractivity contribution in [3.8, 4) is 0 Å². The average molecular weight is 462 g/mol. The predicted octanol–water partition coefficient (Wildman–Crippen LogP) is 3.40. The minimum absolute atomic E-state index is 0.0846. The molecule has 0 saturated carbocycles. The number of nitrogens with zero attached hydrogens (tertiary/aromatic N) is 3. The summed E-state index contributed by atoms with van der Waals surface area (Å²) in [5.41, 5.74) is -1.09. The Morgan fingerprint density at radius 1 is 1.28 bits per heavy atom. The monoisotopic (exact) mass is 462 g/mol. The van der Waals surface area contributed by atoms with Crippen LogP contribution in [0.3, 0.4) is 0 Å². The fourth-order valence-electron chi connectivity index (χ4n) is 3.55. The van der Waals surface area contributed by atoms with Crippen LogP contribution in [-0.4, -0.2) is 51.6 Å². The van der Waals surface area contributed by atoms with E-state index < -0.39 is 54.3 Å². The lowest BCUT2D eigenvalue weighted by Gasteiger charge is -2.40. The minimum atomic E-state index is -4.69. The lowest BCUT2D eigenvalue weighted by Crippen LogP contribution is -2.52. The molecule has 0 radical (unpaired) electrons. The third-order valence-electron chi connectivity index (χ3n) is 5.32. The van der Waals surface area contributed by atoms with Crippen LogP contribution in [0.15, 0.2) is 41.5 Å². The maximum Gasteiger partial charge on any atom is 0.406 e. The molecule has 1 aliphatic heterocycles. The fraction of sp³-hybridized carbons (Fsp3) is 0.450. The van der Waals surface area contributed by atoms with Crippen LogP contribution < -0.4 is 10.9 Å². The summed E-state index contributed by atoms with van der Waals surface area (Å²) in [5, 5.41) is 2.47. The van der Waals surface area contributed by atoms with Crippen molar-refractivity contribution in [2.45, 2.75) is 43.9 Å². The zero-order valence-corrected chi connectivity index (χ0v) is 16.9. The van der Waals surface area contributed by atoms with Crippen LogP contribution >= 0.6 is 0 Å². The van der Waals surface area contributed by atoms with E-state index in [0.717, 1.165) is 30.6 Å². The Morgan fingerprint density at radius 3 is 2.62 bits per heavy atom. The van der Waals surface area contributed by atoms with Gasteiger partial charge in [-0.05, 0) is 24.6 Å². The predicted molar refractivity (Wildman–Crippen MR) is 103 cm³/mol. The fourth-order valence-corrected chi connectivity index (χ4v) is 3.55. The summed E-state index contributed by atoms with van der Waals surface area (Å²) in [7, 11) is 0. The molecule has 3 rings (SSSR count). The summed E-state index contributed by atoms with van der Waals surface area (Å²) in [6.45, 7) is -0.547. The van der Waals surface area contributed by atoms with E-state index in [1.165, 1.54) is 17.9 Å². The van der Waals surface area contributed by atoms with Gasteiger partial charge in [-0.25, -0.2) is 18.2 Å². The van der Waals surface area contributed by atoms with E-state index in [9.17, 15) is 35.9 Å². The lowest BCUT2D eigenvalue weighted by molar-refractivity contribution is -0.141. The van der Waals surface area contributed by atoms with Crippen LogP contribution in [0.5, 0.6) is 0 Å². The van der Waals surface area contributed by atoms with Gasteiger partial charge in [0.2, 0.25) is 5.91 Å². The Kier molecular flexibility index (Phi) is 6.63. The second-order valence-electron chi connectivity index (χ2n) is 7.63. The van der Waals surface area contributed by atoms with Crippen molar-refractivity contribution in [1.29, 1.82) is 0 Å². The average Bonchev–Trinajstić information content (AvgIpc) is 2.70. The Labute approximate surface area is 178 Å². The molecule has 2 aromatic rings. The zero-order chi connectivity index (χ0) is 23.7. The van der Waals surface area contributed by atoms with Gasteiger partial charge in [0.15, 0.2) is 0 Å². The molecule has 1 aliphatic rings. The first kappa shape index (κ1) is 23.8. The molecule has 6 nitrogen and oxygen atoms in total. The van der Waals surface area contributed by atoms with E-state index in [2.05, 4.69) is 10.3 Å². The summed E-state index contributed by atoms with van der Waals surface area (Å²) in [5.74, 6) is -5.83. The van der Waals surface area contributed by atoms with Crippen LogP contribution in [0.4, 0.5) is 32.2 Å². The van der Waals surface area contributed by atoms with Crippen molar-refractivity contribution in [2.75, 3.05) is 18.4 Å². The molecule has 3 heterocycles. The molecule has 174 valence electrons. The van der Waals surface area contributed by atoms with Gasteiger partial charge in [0.05, 0.1) is 18.2 Å². The number of aromatic nitrogens is 2. The van der Waals surface area contributed by atoms with E-state index in [1.807, 2.05) is 0 Å². The number of amides is 1. The highest BCUT2D eigenvalue weighted by Crippen LogP contribution is 2.40. The first-order chi connectivity index (χ1) is 14.9. The van der Waals surface area contributed by atoms with E-state index in [1.54, 1.807) is 0 Å². The molecule has 12 heteroatoms. The Hall–Kier alpha value is -2.89. The molecular formula is C20H20F6N4O2. The maximum absolute atomic E-state index is 14.7. The normalized spacial score (nSPS) is 20.0. The molecule has 32 heavy (non-hydrogen) atoms. The van der Waals surface area contributed by atoms with Crippen LogP contribution in [0.25, 0.3) is 0 Å². The van der Waals surface area contributed by atoms with Gasteiger partial charge in [-0.2, -0.15) is 13.2 Å². The number of carbonyl (C=O) groups is 1. The highest BCUT2D eigenvalue weighted by molar-refractivity contribution is 5.93. The molecule has 0 spiro atoms. The van der Waals surface area contributed by atoms with Crippen molar-refractivity contribution in [2.24, 2.45) is 0 Å². The summed E-state index contributed by atoms with van der Waals surface area (Å²) < 4.78 is 80.8. The van der Waals surface area contributed by atoms with Gasteiger partial charge < -0.3 is 9.88 Å². The largest absolute Gasteiger partial charge is 0.406 e. The standard InChI is InChI=1S/C20H20F6N4O2/c1-12(18(32)28-16-4-3-14(21)8-27-16)29-7-6-19(22,23)15(10-29)13-2-5-17(31)30(9-13)11-20(24,25)26/h2-5,8-9,12,15H,6-7,10-11H2,1H3,(H,27,28,32). The molecule has 0 aliphatic carbocycles. The zero-order valence-electron chi connectivity index (χ0n) is 16.9. The number of alkyl halides is 5. The number of hydrogen-bond acceptors (Lipinski definition) is 4. The Balaban J connectivity index is 1.79. The number of rotatable bonds is 5. The molecular weight excluding hydrogens is 442 g/mol. The van der Waals surface area contributed by atoms with Gasteiger partial charge in [-0.15, -0.1) is 0 Å². The van der Waals surface area contributed by atoms with Crippen LogP contribution in [-0.2, 0) is 11.3 Å². The van der Waals surface area contributed by atoms with Crippen molar-refractivity contribution < 1.29 is 31.1 Å². The second kappa shape index (κ2) is 8.93. The second-order valence-corrected chi connectivity index (χ2v) is 7.63. The maximum atomic E-state index is 14.7. The smallest absolute Gasteiger partial charge is 0.309 e. The van der Waals surface area contributed by atoms with Gasteiger partial charge >= 0.3 is 6.18 Å². The number of halogens is 6. The molecule has 1 fully saturated rings. The van der Waals surface area contributed by atoms with Crippen molar-refractivity contribution in [3.05, 3.63) is 58.4 Å². The highest BCUT2D eigenvalue weighted by atomic mass is 19.4.